The summed E-state index contributed by atoms with van der Waals surface area (Å²) < 4.78 is 3.11. The van der Waals surface area contributed by atoms with E-state index in [4.69, 9.17) is 0 Å². The van der Waals surface area contributed by atoms with Gasteiger partial charge in [0.1, 0.15) is 0 Å². The highest BCUT2D eigenvalue weighted by molar-refractivity contribution is 9.10. The second kappa shape index (κ2) is 6.32. The number of benzene rings is 1. The van der Waals surface area contributed by atoms with Gasteiger partial charge in [0.2, 0.25) is 0 Å². The number of para-hydroxylation sites is 1. The molecule has 0 amide bonds. The van der Waals surface area contributed by atoms with Crippen LogP contribution in [0.15, 0.2) is 34.9 Å². The van der Waals surface area contributed by atoms with E-state index in [1.807, 2.05) is 24.4 Å². The van der Waals surface area contributed by atoms with Gasteiger partial charge in [-0.15, -0.1) is 0 Å². The predicted molar refractivity (Wildman–Crippen MR) is 91.9 cm³/mol. The van der Waals surface area contributed by atoms with Crippen molar-refractivity contribution >= 4 is 15.9 Å². The lowest BCUT2D eigenvalue weighted by Gasteiger charge is -2.21. The number of halogens is 1. The van der Waals surface area contributed by atoms with E-state index in [-0.39, 0.29) is 5.54 Å². The zero-order valence-corrected chi connectivity index (χ0v) is 15.0. The summed E-state index contributed by atoms with van der Waals surface area (Å²) in [5.41, 5.74) is 3.71. The Bertz CT molecular complexity index is 609. The lowest BCUT2D eigenvalue weighted by molar-refractivity contribution is 0.423. The molecule has 0 radical (unpaired) electrons. The van der Waals surface area contributed by atoms with Crippen LogP contribution in [0, 0.1) is 0 Å². The summed E-state index contributed by atoms with van der Waals surface area (Å²) in [6.07, 6.45) is 1.98. The molecule has 114 valence electrons. The Morgan fingerprint density at radius 2 is 1.90 bits per heavy atom. The molecule has 0 bridgehead atoms. The van der Waals surface area contributed by atoms with E-state index in [9.17, 15) is 0 Å². The average molecular weight is 350 g/mol. The first-order valence-electron chi connectivity index (χ1n) is 7.36. The Morgan fingerprint density at radius 1 is 1.24 bits per heavy atom. The van der Waals surface area contributed by atoms with E-state index in [0.29, 0.717) is 5.92 Å². The Labute approximate surface area is 135 Å². The zero-order valence-electron chi connectivity index (χ0n) is 13.4. The van der Waals surface area contributed by atoms with Gasteiger partial charge in [-0.3, -0.25) is 0 Å². The molecular formula is C17H24BrN3. The third-order valence-electron chi connectivity index (χ3n) is 3.32. The fourth-order valence-electron chi connectivity index (χ4n) is 2.32. The first-order valence-corrected chi connectivity index (χ1v) is 8.15. The largest absolute Gasteiger partial charge is 0.308 e. The van der Waals surface area contributed by atoms with Crippen molar-refractivity contribution in [1.29, 1.82) is 0 Å². The van der Waals surface area contributed by atoms with Gasteiger partial charge in [0.05, 0.1) is 17.6 Å². The van der Waals surface area contributed by atoms with Crippen molar-refractivity contribution < 1.29 is 0 Å². The van der Waals surface area contributed by atoms with Crippen LogP contribution < -0.4 is 5.32 Å². The van der Waals surface area contributed by atoms with Crippen molar-refractivity contribution in [3.05, 3.63) is 46.2 Å². The van der Waals surface area contributed by atoms with E-state index >= 15 is 0 Å². The molecule has 0 aliphatic rings. The first kappa shape index (κ1) is 16.2. The first-order chi connectivity index (χ1) is 9.79. The van der Waals surface area contributed by atoms with Crippen molar-refractivity contribution in [3.8, 4) is 5.69 Å². The molecule has 4 heteroatoms. The summed E-state index contributed by atoms with van der Waals surface area (Å²) in [5.74, 6) is 0.413. The molecule has 1 aromatic carbocycles. The maximum atomic E-state index is 4.62. The fourth-order valence-corrected chi connectivity index (χ4v) is 2.77. The average Bonchev–Trinajstić information content (AvgIpc) is 2.80. The molecule has 1 aromatic heterocycles. The SMILES string of the molecule is CC(C)c1c(CNC(C)(C)C)cnn1-c1ccccc1Br. The standard InChI is InChI=1S/C17H24BrN3/c1-12(2)16-13(10-19-17(3,4)5)11-20-21(16)15-9-7-6-8-14(15)18/h6-9,11-12,19H,10H2,1-5H3. The van der Waals surface area contributed by atoms with Crippen LogP contribution >= 0.6 is 15.9 Å². The third kappa shape index (κ3) is 3.95. The van der Waals surface area contributed by atoms with Crippen LogP contribution in [0.1, 0.15) is 51.8 Å². The Morgan fingerprint density at radius 3 is 2.48 bits per heavy atom. The molecule has 0 aliphatic carbocycles. The number of nitrogens with zero attached hydrogens (tertiary/aromatic N) is 2. The Balaban J connectivity index is 2.40. The third-order valence-corrected chi connectivity index (χ3v) is 3.99. The van der Waals surface area contributed by atoms with Crippen LogP contribution in [0.2, 0.25) is 0 Å². The van der Waals surface area contributed by atoms with Crippen LogP contribution in [0.5, 0.6) is 0 Å². The lowest BCUT2D eigenvalue weighted by Crippen LogP contribution is -2.35. The molecular weight excluding hydrogens is 326 g/mol. The van der Waals surface area contributed by atoms with E-state index in [1.54, 1.807) is 0 Å². The van der Waals surface area contributed by atoms with Crippen LogP contribution in [0.3, 0.4) is 0 Å². The molecule has 0 fully saturated rings. The molecule has 0 aliphatic heterocycles. The Hall–Kier alpha value is -1.13. The van der Waals surface area contributed by atoms with E-state index in [0.717, 1.165) is 16.7 Å². The summed E-state index contributed by atoms with van der Waals surface area (Å²) >= 11 is 3.62. The summed E-state index contributed by atoms with van der Waals surface area (Å²) in [6.45, 7) is 11.8. The molecule has 0 atom stereocenters. The predicted octanol–water partition coefficient (Wildman–Crippen LogP) is 4.65. The molecule has 0 saturated heterocycles. The quantitative estimate of drug-likeness (QED) is 0.870. The van der Waals surface area contributed by atoms with Gasteiger partial charge in [-0.05, 0) is 54.8 Å². The lowest BCUT2D eigenvalue weighted by atomic mass is 10.0. The minimum absolute atomic E-state index is 0.101. The summed E-state index contributed by atoms with van der Waals surface area (Å²) in [4.78, 5) is 0. The normalized spacial score (nSPS) is 12.1. The fraction of sp³-hybridized carbons (Fsp3) is 0.471. The maximum absolute atomic E-state index is 4.62. The van der Waals surface area contributed by atoms with Crippen molar-refractivity contribution in [2.75, 3.05) is 0 Å². The van der Waals surface area contributed by atoms with Crippen molar-refractivity contribution in [3.63, 3.8) is 0 Å². The molecule has 0 saturated carbocycles. The van der Waals surface area contributed by atoms with E-state index in [1.165, 1.54) is 11.3 Å². The second-order valence-corrected chi connectivity index (χ2v) is 7.53. The monoisotopic (exact) mass is 349 g/mol. The van der Waals surface area contributed by atoms with Gasteiger partial charge in [-0.1, -0.05) is 26.0 Å². The van der Waals surface area contributed by atoms with E-state index < -0.39 is 0 Å². The smallest absolute Gasteiger partial charge is 0.0790 e. The molecule has 2 aromatic rings. The van der Waals surface area contributed by atoms with Gasteiger partial charge in [-0.25, -0.2) is 4.68 Å². The van der Waals surface area contributed by atoms with Crippen LogP contribution in [-0.4, -0.2) is 15.3 Å². The van der Waals surface area contributed by atoms with Gasteiger partial charge < -0.3 is 5.32 Å². The van der Waals surface area contributed by atoms with Crippen LogP contribution in [0.4, 0.5) is 0 Å². The number of rotatable bonds is 4. The summed E-state index contributed by atoms with van der Waals surface area (Å²) in [5, 5.41) is 8.16. The van der Waals surface area contributed by atoms with Crippen molar-refractivity contribution in [1.82, 2.24) is 15.1 Å². The van der Waals surface area contributed by atoms with Crippen LogP contribution in [-0.2, 0) is 6.54 Å². The molecule has 0 spiro atoms. The van der Waals surface area contributed by atoms with Gasteiger partial charge in [0.15, 0.2) is 0 Å². The Kier molecular flexibility index (Phi) is 4.89. The molecule has 1 N–H and O–H groups in total. The molecule has 21 heavy (non-hydrogen) atoms. The highest BCUT2D eigenvalue weighted by atomic mass is 79.9. The summed E-state index contributed by atoms with van der Waals surface area (Å²) in [6, 6.07) is 8.20. The molecule has 1 heterocycles. The molecule has 2 rings (SSSR count). The topological polar surface area (TPSA) is 29.9 Å². The molecule has 3 nitrogen and oxygen atoms in total. The van der Waals surface area contributed by atoms with Gasteiger partial charge in [0.25, 0.3) is 0 Å². The minimum Gasteiger partial charge on any atom is -0.308 e. The number of hydrogen-bond acceptors (Lipinski definition) is 2. The highest BCUT2D eigenvalue weighted by Gasteiger charge is 2.18. The van der Waals surface area contributed by atoms with E-state index in [2.05, 4.69) is 71.7 Å². The molecule has 0 unspecified atom stereocenters. The van der Waals surface area contributed by atoms with Crippen molar-refractivity contribution in [2.45, 2.75) is 52.6 Å². The van der Waals surface area contributed by atoms with Crippen LogP contribution in [0.25, 0.3) is 5.69 Å². The van der Waals surface area contributed by atoms with Gasteiger partial charge >= 0.3 is 0 Å². The van der Waals surface area contributed by atoms with Crippen molar-refractivity contribution in [2.24, 2.45) is 0 Å². The highest BCUT2D eigenvalue weighted by Crippen LogP contribution is 2.27. The minimum atomic E-state index is 0.101. The number of hydrogen-bond donors (Lipinski definition) is 1. The number of aromatic nitrogens is 2. The summed E-state index contributed by atoms with van der Waals surface area (Å²) in [7, 11) is 0. The van der Waals surface area contributed by atoms with Gasteiger partial charge in [0, 0.05) is 22.1 Å². The van der Waals surface area contributed by atoms with Gasteiger partial charge in [-0.2, -0.15) is 5.10 Å². The second-order valence-electron chi connectivity index (χ2n) is 6.68. The number of nitrogens with one attached hydrogen (secondary N) is 1. The zero-order chi connectivity index (χ0) is 15.6. The maximum Gasteiger partial charge on any atom is 0.0790 e.